The minimum absolute atomic E-state index is 0.374. The maximum Gasteiger partial charge on any atom is 0.188 e. The molecule has 16 heavy (non-hydrogen) atoms. The Morgan fingerprint density at radius 2 is 2.19 bits per heavy atom. The Morgan fingerprint density at radius 3 is 2.81 bits per heavy atom. The van der Waals surface area contributed by atoms with Crippen molar-refractivity contribution in [3.05, 3.63) is 0 Å². The Hall–Kier alpha value is -0.730. The monoisotopic (exact) mass is 225 g/mol. The van der Waals surface area contributed by atoms with Crippen LogP contribution in [0.25, 0.3) is 0 Å². The summed E-state index contributed by atoms with van der Waals surface area (Å²) in [5, 5.41) is 3.12. The first-order chi connectivity index (χ1) is 7.58. The van der Waals surface area contributed by atoms with Crippen LogP contribution in [0.2, 0.25) is 0 Å². The lowest BCUT2D eigenvalue weighted by Crippen LogP contribution is -2.36. The molecule has 0 saturated heterocycles. The number of hydrogen-bond acceptors (Lipinski definition) is 1. The van der Waals surface area contributed by atoms with Crippen molar-refractivity contribution in [2.45, 2.75) is 58.9 Å². The van der Waals surface area contributed by atoms with Crippen molar-refractivity contribution in [1.29, 1.82) is 0 Å². The first-order valence-corrected chi connectivity index (χ1v) is 6.64. The van der Waals surface area contributed by atoms with Gasteiger partial charge in [0.2, 0.25) is 0 Å². The van der Waals surface area contributed by atoms with Crippen LogP contribution in [-0.2, 0) is 0 Å². The van der Waals surface area contributed by atoms with E-state index in [-0.39, 0.29) is 0 Å². The van der Waals surface area contributed by atoms with Gasteiger partial charge in [0.15, 0.2) is 5.96 Å². The third-order valence-electron chi connectivity index (χ3n) is 3.30. The van der Waals surface area contributed by atoms with Crippen molar-refractivity contribution in [3.8, 4) is 0 Å². The van der Waals surface area contributed by atoms with Crippen LogP contribution in [0.4, 0.5) is 0 Å². The smallest absolute Gasteiger partial charge is 0.188 e. The average Bonchev–Trinajstić information content (AvgIpc) is 2.16. The largest absolute Gasteiger partial charge is 0.370 e. The number of hydrogen-bond donors (Lipinski definition) is 2. The van der Waals surface area contributed by atoms with E-state index in [1.54, 1.807) is 0 Å². The zero-order chi connectivity index (χ0) is 12.0. The molecule has 0 aromatic heterocycles. The van der Waals surface area contributed by atoms with E-state index in [0.717, 1.165) is 18.4 Å². The Kier molecular flexibility index (Phi) is 5.64. The van der Waals surface area contributed by atoms with E-state index in [1.165, 1.54) is 32.1 Å². The molecule has 94 valence electrons. The van der Waals surface area contributed by atoms with Gasteiger partial charge in [-0.3, -0.25) is 4.99 Å². The van der Waals surface area contributed by atoms with Gasteiger partial charge in [0.05, 0.1) is 0 Å². The maximum atomic E-state index is 5.76. The molecule has 1 saturated carbocycles. The topological polar surface area (TPSA) is 50.4 Å². The highest BCUT2D eigenvalue weighted by Gasteiger charge is 2.18. The minimum atomic E-state index is 0.374. The molecule has 1 aliphatic rings. The van der Waals surface area contributed by atoms with Crippen LogP contribution in [0.3, 0.4) is 0 Å². The van der Waals surface area contributed by atoms with Gasteiger partial charge >= 0.3 is 0 Å². The number of nitrogens with one attached hydrogen (secondary N) is 1. The zero-order valence-corrected chi connectivity index (χ0v) is 11.0. The van der Waals surface area contributed by atoms with Crippen LogP contribution in [-0.4, -0.2) is 18.5 Å². The molecule has 1 fully saturated rings. The fourth-order valence-electron chi connectivity index (χ4n) is 2.53. The Bertz CT molecular complexity index is 223. The lowest BCUT2D eigenvalue weighted by Gasteiger charge is -2.26. The first kappa shape index (κ1) is 13.3. The molecule has 0 bridgehead atoms. The Labute approximate surface area is 99.9 Å². The predicted molar refractivity (Wildman–Crippen MR) is 70.5 cm³/mol. The number of nitrogens with two attached hydrogens (primary N) is 1. The Balaban J connectivity index is 2.18. The number of aliphatic imine (C=N–C) groups is 1. The Morgan fingerprint density at radius 1 is 1.44 bits per heavy atom. The van der Waals surface area contributed by atoms with Gasteiger partial charge in [0, 0.05) is 12.6 Å². The van der Waals surface area contributed by atoms with E-state index >= 15 is 0 Å². The van der Waals surface area contributed by atoms with Gasteiger partial charge in [-0.15, -0.1) is 0 Å². The van der Waals surface area contributed by atoms with Crippen LogP contribution in [0.1, 0.15) is 52.9 Å². The summed E-state index contributed by atoms with van der Waals surface area (Å²) >= 11 is 0. The van der Waals surface area contributed by atoms with Crippen molar-refractivity contribution < 1.29 is 0 Å². The molecule has 0 aromatic rings. The van der Waals surface area contributed by atoms with Gasteiger partial charge in [0.1, 0.15) is 0 Å². The summed E-state index contributed by atoms with van der Waals surface area (Å²) < 4.78 is 0. The van der Waals surface area contributed by atoms with Gasteiger partial charge in [-0.25, -0.2) is 0 Å². The first-order valence-electron chi connectivity index (χ1n) is 6.64. The molecule has 0 radical (unpaired) electrons. The van der Waals surface area contributed by atoms with E-state index in [9.17, 15) is 0 Å². The summed E-state index contributed by atoms with van der Waals surface area (Å²) in [5.74, 6) is 2.38. The summed E-state index contributed by atoms with van der Waals surface area (Å²) in [4.78, 5) is 4.37. The molecular formula is C13H27N3. The molecule has 2 atom stereocenters. The predicted octanol–water partition coefficient (Wildman–Crippen LogP) is 2.52. The van der Waals surface area contributed by atoms with Crippen LogP contribution in [0.15, 0.2) is 4.99 Å². The lowest BCUT2D eigenvalue weighted by molar-refractivity contribution is 0.272. The highest BCUT2D eigenvalue weighted by molar-refractivity contribution is 5.77. The number of guanidine groups is 1. The van der Waals surface area contributed by atoms with E-state index < -0.39 is 0 Å². The summed E-state index contributed by atoms with van der Waals surface area (Å²) in [5.41, 5.74) is 5.76. The molecule has 1 rings (SSSR count). The van der Waals surface area contributed by atoms with Crippen LogP contribution in [0.5, 0.6) is 0 Å². The molecule has 3 nitrogen and oxygen atoms in total. The van der Waals surface area contributed by atoms with Crippen LogP contribution >= 0.6 is 0 Å². The van der Waals surface area contributed by atoms with E-state index in [0.29, 0.717) is 12.0 Å². The molecule has 2 unspecified atom stereocenters. The van der Waals surface area contributed by atoms with Crippen molar-refractivity contribution in [1.82, 2.24) is 5.32 Å². The molecule has 1 aliphatic carbocycles. The summed E-state index contributed by atoms with van der Waals surface area (Å²) in [6, 6.07) is 0.374. The van der Waals surface area contributed by atoms with Gasteiger partial charge in [-0.2, -0.15) is 0 Å². The molecular weight excluding hydrogens is 198 g/mol. The zero-order valence-electron chi connectivity index (χ0n) is 11.0. The van der Waals surface area contributed by atoms with E-state index in [1.807, 2.05) is 0 Å². The number of nitrogens with zero attached hydrogens (tertiary/aromatic N) is 1. The van der Waals surface area contributed by atoms with Crippen molar-refractivity contribution in [3.63, 3.8) is 0 Å². The van der Waals surface area contributed by atoms with Crippen molar-refractivity contribution >= 4 is 5.96 Å². The summed E-state index contributed by atoms with van der Waals surface area (Å²) in [7, 11) is 0. The minimum Gasteiger partial charge on any atom is -0.370 e. The molecule has 0 aliphatic heterocycles. The summed E-state index contributed by atoms with van der Waals surface area (Å²) in [6.07, 6.45) is 6.78. The standard InChI is InChI=1S/C13H27N3/c1-10(2)16-13(14)15-8-7-12-6-4-5-11(3)9-12/h10-12H,4-9H2,1-3H3,(H3,14,15,16). The molecule has 3 heteroatoms. The van der Waals surface area contributed by atoms with E-state index in [4.69, 9.17) is 5.73 Å². The molecule has 3 N–H and O–H groups in total. The highest BCUT2D eigenvalue weighted by Crippen LogP contribution is 2.30. The highest BCUT2D eigenvalue weighted by atomic mass is 15.1. The van der Waals surface area contributed by atoms with Gasteiger partial charge in [-0.05, 0) is 38.5 Å². The lowest BCUT2D eigenvalue weighted by atomic mass is 9.81. The quantitative estimate of drug-likeness (QED) is 0.570. The fourth-order valence-corrected chi connectivity index (χ4v) is 2.53. The second-order valence-electron chi connectivity index (χ2n) is 5.49. The van der Waals surface area contributed by atoms with Gasteiger partial charge in [-0.1, -0.05) is 26.2 Å². The third kappa shape index (κ3) is 5.38. The molecule has 0 spiro atoms. The normalized spacial score (nSPS) is 27.1. The fraction of sp³-hybridized carbons (Fsp3) is 0.923. The molecule has 0 aromatic carbocycles. The maximum absolute atomic E-state index is 5.76. The van der Waals surface area contributed by atoms with Crippen LogP contribution in [0, 0.1) is 11.8 Å². The van der Waals surface area contributed by atoms with Crippen molar-refractivity contribution in [2.24, 2.45) is 22.6 Å². The number of rotatable bonds is 4. The van der Waals surface area contributed by atoms with Gasteiger partial charge in [0.25, 0.3) is 0 Å². The second-order valence-corrected chi connectivity index (χ2v) is 5.49. The van der Waals surface area contributed by atoms with Crippen LogP contribution < -0.4 is 11.1 Å². The van der Waals surface area contributed by atoms with Gasteiger partial charge < -0.3 is 11.1 Å². The molecule has 0 amide bonds. The van der Waals surface area contributed by atoms with Crippen molar-refractivity contribution in [2.75, 3.05) is 6.54 Å². The van der Waals surface area contributed by atoms with E-state index in [2.05, 4.69) is 31.1 Å². The summed E-state index contributed by atoms with van der Waals surface area (Å²) in [6.45, 7) is 7.39. The SMILES string of the molecule is CC1CCCC(CCN=C(N)NC(C)C)C1. The third-order valence-corrected chi connectivity index (χ3v) is 3.30. The average molecular weight is 225 g/mol. The molecule has 0 heterocycles. The second kappa shape index (κ2) is 6.77.